The molecule has 0 aliphatic carbocycles. The molecule has 8 nitrogen and oxygen atoms in total. The molecule has 8 heteroatoms. The molecule has 1 amide bonds. The van der Waals surface area contributed by atoms with E-state index in [1.165, 1.54) is 36.1 Å². The number of methoxy groups -OCH3 is 1. The highest BCUT2D eigenvalue weighted by Gasteiger charge is 2.29. The van der Waals surface area contributed by atoms with Crippen LogP contribution in [0, 0.1) is 0 Å². The number of likely N-dealkylation sites (tertiary alicyclic amines) is 1. The number of hydrogen-bond donors (Lipinski definition) is 0. The fourth-order valence-electron chi connectivity index (χ4n) is 6.01. The summed E-state index contributed by atoms with van der Waals surface area (Å²) in [4.78, 5) is 31.5. The summed E-state index contributed by atoms with van der Waals surface area (Å²) >= 11 is 0. The normalized spacial score (nSPS) is 18.4. The molecule has 1 aromatic heterocycles. The van der Waals surface area contributed by atoms with Crippen LogP contribution in [-0.2, 0) is 17.8 Å². The van der Waals surface area contributed by atoms with Gasteiger partial charge >= 0.3 is 6.01 Å². The zero-order valence-corrected chi connectivity index (χ0v) is 24.0. The summed E-state index contributed by atoms with van der Waals surface area (Å²) < 4.78 is 5.54. The summed E-state index contributed by atoms with van der Waals surface area (Å²) in [6.45, 7) is 13.6. The van der Waals surface area contributed by atoms with Crippen molar-refractivity contribution >= 4 is 29.6 Å². The van der Waals surface area contributed by atoms with Crippen LogP contribution in [0.25, 0.3) is 12.2 Å². The zero-order valence-electron chi connectivity index (χ0n) is 24.0. The third-order valence-corrected chi connectivity index (χ3v) is 8.18. The van der Waals surface area contributed by atoms with Gasteiger partial charge in [-0.3, -0.25) is 9.69 Å². The maximum Gasteiger partial charge on any atom is 0.318 e. The van der Waals surface area contributed by atoms with Crippen molar-refractivity contribution in [1.82, 2.24) is 19.8 Å². The smallest absolute Gasteiger partial charge is 0.318 e. The summed E-state index contributed by atoms with van der Waals surface area (Å²) in [7, 11) is 1.62. The summed E-state index contributed by atoms with van der Waals surface area (Å²) in [6, 6.07) is 6.75. The number of benzene rings is 1. The molecule has 0 atom stereocenters. The van der Waals surface area contributed by atoms with Gasteiger partial charge < -0.3 is 19.4 Å². The molecule has 0 radical (unpaired) electrons. The molecule has 2 saturated heterocycles. The van der Waals surface area contributed by atoms with Gasteiger partial charge in [-0.2, -0.15) is 9.97 Å². The monoisotopic (exact) mass is 542 g/mol. The van der Waals surface area contributed by atoms with Crippen LogP contribution < -0.4 is 14.5 Å². The Bertz CT molecular complexity index is 1260. The zero-order chi connectivity index (χ0) is 27.9. The van der Waals surface area contributed by atoms with Crippen LogP contribution >= 0.6 is 0 Å². The Kier molecular flexibility index (Phi) is 9.16. The highest BCUT2D eigenvalue weighted by Crippen LogP contribution is 2.34. The predicted molar refractivity (Wildman–Crippen MR) is 163 cm³/mol. The number of nitrogens with zero attached hydrogens (tertiary/aromatic N) is 6. The van der Waals surface area contributed by atoms with Gasteiger partial charge in [0.2, 0.25) is 5.91 Å². The molecule has 2 aromatic rings. The molecule has 0 saturated carbocycles. The van der Waals surface area contributed by atoms with Crippen molar-refractivity contribution in [3.8, 4) is 6.01 Å². The number of ether oxygens (including phenoxy) is 1. The van der Waals surface area contributed by atoms with Gasteiger partial charge in [0.1, 0.15) is 5.82 Å². The maximum atomic E-state index is 12.8. The molecule has 3 aliphatic rings. The van der Waals surface area contributed by atoms with Gasteiger partial charge in [-0.15, -0.1) is 0 Å². The van der Waals surface area contributed by atoms with Gasteiger partial charge in [-0.1, -0.05) is 49.4 Å². The second-order valence-electron chi connectivity index (χ2n) is 10.7. The molecule has 3 aliphatic heterocycles. The minimum Gasteiger partial charge on any atom is -0.467 e. The second kappa shape index (κ2) is 13.1. The van der Waals surface area contributed by atoms with Crippen molar-refractivity contribution < 1.29 is 9.53 Å². The van der Waals surface area contributed by atoms with Crippen molar-refractivity contribution in [3.63, 3.8) is 0 Å². The quantitative estimate of drug-likeness (QED) is 0.458. The van der Waals surface area contributed by atoms with Gasteiger partial charge in [0.25, 0.3) is 0 Å². The van der Waals surface area contributed by atoms with E-state index in [0.29, 0.717) is 25.6 Å². The number of allylic oxidation sites excluding steroid dienone is 1. The van der Waals surface area contributed by atoms with E-state index < -0.39 is 0 Å². The lowest BCUT2D eigenvalue weighted by atomic mass is 10.00. The van der Waals surface area contributed by atoms with Crippen LogP contribution in [0.4, 0.5) is 11.5 Å². The summed E-state index contributed by atoms with van der Waals surface area (Å²) in [6.07, 6.45) is 14.6. The molecule has 0 unspecified atom stereocenters. The number of carbonyl (C=O) groups is 1. The van der Waals surface area contributed by atoms with Crippen LogP contribution in [0.2, 0.25) is 0 Å². The van der Waals surface area contributed by atoms with Gasteiger partial charge in [0.15, 0.2) is 0 Å². The number of carbonyl (C=O) groups excluding carboxylic acids is 1. The lowest BCUT2D eigenvalue weighted by Crippen LogP contribution is -2.49. The Morgan fingerprint density at radius 1 is 1.02 bits per heavy atom. The van der Waals surface area contributed by atoms with Crippen LogP contribution in [0.3, 0.4) is 0 Å². The standard InChI is InChI=1S/C32H42N6O2/c1-4-11-26-25(5-2)12-9-13-29(26)38-19-15-27-28(24-38)33-32(40-3)34-31(27)37-22-20-36(21-23-37)30(39)14-10-18-35-16-7-6-8-17-35/h4-5,9-14H,2,6-8,15-24H2,1,3H3/b11-4-,14-10+. The van der Waals surface area contributed by atoms with Crippen LogP contribution in [-0.4, -0.2) is 85.1 Å². The summed E-state index contributed by atoms with van der Waals surface area (Å²) in [5.74, 6) is 1.05. The van der Waals surface area contributed by atoms with E-state index >= 15 is 0 Å². The lowest BCUT2D eigenvalue weighted by molar-refractivity contribution is -0.126. The van der Waals surface area contributed by atoms with Crippen molar-refractivity contribution in [2.45, 2.75) is 39.2 Å². The fraction of sp³-hybridized carbons (Fsp3) is 0.469. The van der Waals surface area contributed by atoms with Crippen LogP contribution in [0.15, 0.2) is 43.0 Å². The molecule has 212 valence electrons. The van der Waals surface area contributed by atoms with Crippen molar-refractivity contribution in [2.24, 2.45) is 0 Å². The third kappa shape index (κ3) is 6.22. The number of anilines is 2. The number of piperidine rings is 1. The molecular weight excluding hydrogens is 500 g/mol. The first kappa shape index (κ1) is 27.9. The molecule has 0 bridgehead atoms. The first-order valence-corrected chi connectivity index (χ1v) is 14.6. The van der Waals surface area contributed by atoms with E-state index in [1.54, 1.807) is 13.2 Å². The van der Waals surface area contributed by atoms with Gasteiger partial charge in [-0.05, 0) is 50.9 Å². The molecule has 1 aromatic carbocycles. The Morgan fingerprint density at radius 2 is 1.82 bits per heavy atom. The summed E-state index contributed by atoms with van der Waals surface area (Å²) in [5, 5.41) is 0. The number of amides is 1. The minimum absolute atomic E-state index is 0.105. The largest absolute Gasteiger partial charge is 0.467 e. The van der Waals surface area contributed by atoms with Crippen LogP contribution in [0.5, 0.6) is 6.01 Å². The molecule has 40 heavy (non-hydrogen) atoms. The predicted octanol–water partition coefficient (Wildman–Crippen LogP) is 4.41. The first-order chi connectivity index (χ1) is 19.6. The number of hydrogen-bond acceptors (Lipinski definition) is 7. The highest BCUT2D eigenvalue weighted by atomic mass is 16.5. The maximum absolute atomic E-state index is 12.8. The first-order valence-electron chi connectivity index (χ1n) is 14.6. The summed E-state index contributed by atoms with van der Waals surface area (Å²) in [5.41, 5.74) is 5.67. The SMILES string of the molecule is C=Cc1cccc(N2CCc3c(nc(OC)nc3N3CCN(C(=O)/C=C/CN4CCCCC4)CC3)C2)c1/C=C\C. The molecule has 5 rings (SSSR count). The number of fused-ring (bicyclic) bond motifs is 1. The Labute approximate surface area is 238 Å². The highest BCUT2D eigenvalue weighted by molar-refractivity contribution is 5.87. The second-order valence-corrected chi connectivity index (χ2v) is 10.7. The van der Waals surface area contributed by atoms with Gasteiger partial charge in [0.05, 0.1) is 19.3 Å². The Morgan fingerprint density at radius 3 is 2.55 bits per heavy atom. The molecule has 0 N–H and O–H groups in total. The Balaban J connectivity index is 1.27. The topological polar surface area (TPSA) is 65.0 Å². The van der Waals surface area contributed by atoms with Gasteiger partial charge in [0, 0.05) is 62.2 Å². The van der Waals surface area contributed by atoms with Crippen molar-refractivity contribution in [2.75, 3.05) is 69.3 Å². The number of rotatable bonds is 8. The van der Waals surface area contributed by atoms with E-state index in [2.05, 4.69) is 51.6 Å². The van der Waals surface area contributed by atoms with Crippen molar-refractivity contribution in [1.29, 1.82) is 0 Å². The van der Waals surface area contributed by atoms with E-state index in [9.17, 15) is 4.79 Å². The number of piperazine rings is 1. The third-order valence-electron chi connectivity index (χ3n) is 8.18. The minimum atomic E-state index is 0.105. The average Bonchev–Trinajstić information content (AvgIpc) is 3.01. The Hall–Kier alpha value is -3.65. The van der Waals surface area contributed by atoms with E-state index in [1.807, 2.05) is 24.0 Å². The molecule has 4 heterocycles. The average molecular weight is 543 g/mol. The van der Waals surface area contributed by atoms with E-state index in [-0.39, 0.29) is 5.91 Å². The van der Waals surface area contributed by atoms with Crippen molar-refractivity contribution in [3.05, 3.63) is 65.4 Å². The lowest BCUT2D eigenvalue weighted by Gasteiger charge is -2.38. The van der Waals surface area contributed by atoms with Gasteiger partial charge in [-0.25, -0.2) is 0 Å². The van der Waals surface area contributed by atoms with E-state index in [0.717, 1.165) is 62.8 Å². The molecule has 2 fully saturated rings. The number of aromatic nitrogens is 2. The fourth-order valence-corrected chi connectivity index (χ4v) is 6.01. The molecular formula is C32H42N6O2. The van der Waals surface area contributed by atoms with E-state index in [4.69, 9.17) is 14.7 Å². The van der Waals surface area contributed by atoms with Crippen LogP contribution in [0.1, 0.15) is 48.6 Å². The molecule has 0 spiro atoms.